The standard InChI is InChI=1S/C16H19N3O4/c1-17-13(20)7-4-8-14(21)18-9-10-19-15(22)11-5-2-3-6-12(11)16(19)23/h2-3,5-6H,4,7-10H2,1H3,(H,17,20)(H,18,21). The molecule has 0 aliphatic carbocycles. The van der Waals surface area contributed by atoms with Crippen molar-refractivity contribution in [3.63, 3.8) is 0 Å². The fraction of sp³-hybridized carbons (Fsp3) is 0.375. The van der Waals surface area contributed by atoms with Crippen molar-refractivity contribution in [1.82, 2.24) is 15.5 Å². The van der Waals surface area contributed by atoms with E-state index in [4.69, 9.17) is 0 Å². The average molecular weight is 317 g/mol. The van der Waals surface area contributed by atoms with Gasteiger partial charge in [0.2, 0.25) is 11.8 Å². The van der Waals surface area contributed by atoms with E-state index in [2.05, 4.69) is 10.6 Å². The zero-order chi connectivity index (χ0) is 16.8. The Balaban J connectivity index is 1.75. The first-order valence-corrected chi connectivity index (χ1v) is 7.47. The minimum Gasteiger partial charge on any atom is -0.359 e. The molecule has 0 aromatic heterocycles. The molecular weight excluding hydrogens is 298 g/mol. The van der Waals surface area contributed by atoms with Crippen molar-refractivity contribution in [2.45, 2.75) is 19.3 Å². The Morgan fingerprint density at radius 3 is 2.13 bits per heavy atom. The quantitative estimate of drug-likeness (QED) is 0.708. The highest BCUT2D eigenvalue weighted by Crippen LogP contribution is 2.21. The maximum absolute atomic E-state index is 12.1. The lowest BCUT2D eigenvalue weighted by Crippen LogP contribution is -2.38. The summed E-state index contributed by atoms with van der Waals surface area (Å²) >= 11 is 0. The number of fused-ring (bicyclic) bond motifs is 1. The Hall–Kier alpha value is -2.70. The molecule has 1 aromatic rings. The van der Waals surface area contributed by atoms with Crippen LogP contribution in [-0.4, -0.2) is 48.7 Å². The molecule has 1 aliphatic rings. The van der Waals surface area contributed by atoms with E-state index >= 15 is 0 Å². The van der Waals surface area contributed by atoms with E-state index in [0.29, 0.717) is 24.0 Å². The van der Waals surface area contributed by atoms with Crippen molar-refractivity contribution in [3.05, 3.63) is 35.4 Å². The molecule has 0 bridgehead atoms. The van der Waals surface area contributed by atoms with Crippen molar-refractivity contribution in [1.29, 1.82) is 0 Å². The Labute approximate surface area is 134 Å². The van der Waals surface area contributed by atoms with Crippen LogP contribution in [0.4, 0.5) is 0 Å². The Bertz CT molecular complexity index is 607. The normalized spacial score (nSPS) is 13.0. The molecule has 1 heterocycles. The number of nitrogens with one attached hydrogen (secondary N) is 2. The Kier molecular flexibility index (Phi) is 5.46. The van der Waals surface area contributed by atoms with E-state index < -0.39 is 0 Å². The van der Waals surface area contributed by atoms with E-state index in [1.807, 2.05) is 0 Å². The summed E-state index contributed by atoms with van der Waals surface area (Å²) in [6, 6.07) is 6.66. The number of benzene rings is 1. The highest BCUT2D eigenvalue weighted by molar-refractivity contribution is 6.21. The van der Waals surface area contributed by atoms with Crippen LogP contribution >= 0.6 is 0 Å². The van der Waals surface area contributed by atoms with Crippen molar-refractivity contribution in [2.24, 2.45) is 0 Å². The van der Waals surface area contributed by atoms with Crippen LogP contribution in [0.25, 0.3) is 0 Å². The van der Waals surface area contributed by atoms with E-state index in [-0.39, 0.29) is 43.1 Å². The van der Waals surface area contributed by atoms with Gasteiger partial charge in [0, 0.05) is 33.0 Å². The van der Waals surface area contributed by atoms with Crippen LogP contribution < -0.4 is 10.6 Å². The molecule has 122 valence electrons. The molecular formula is C16H19N3O4. The zero-order valence-corrected chi connectivity index (χ0v) is 12.9. The summed E-state index contributed by atoms with van der Waals surface area (Å²) in [5, 5.41) is 5.14. The predicted molar refractivity (Wildman–Crippen MR) is 82.7 cm³/mol. The van der Waals surface area contributed by atoms with Gasteiger partial charge in [0.05, 0.1) is 11.1 Å². The summed E-state index contributed by atoms with van der Waals surface area (Å²) in [5.74, 6) is -0.978. The van der Waals surface area contributed by atoms with Gasteiger partial charge in [0.25, 0.3) is 11.8 Å². The van der Waals surface area contributed by atoms with E-state index in [9.17, 15) is 19.2 Å². The molecule has 0 atom stereocenters. The molecule has 0 saturated heterocycles. The fourth-order valence-corrected chi connectivity index (χ4v) is 2.37. The zero-order valence-electron chi connectivity index (χ0n) is 12.9. The lowest BCUT2D eigenvalue weighted by atomic mass is 10.1. The van der Waals surface area contributed by atoms with Gasteiger partial charge in [0.15, 0.2) is 0 Å². The molecule has 0 unspecified atom stereocenters. The number of carbonyl (C=O) groups is 4. The maximum Gasteiger partial charge on any atom is 0.261 e. The summed E-state index contributed by atoms with van der Waals surface area (Å²) in [7, 11) is 1.55. The van der Waals surface area contributed by atoms with Gasteiger partial charge in [0.1, 0.15) is 0 Å². The number of nitrogens with zero attached hydrogens (tertiary/aromatic N) is 1. The van der Waals surface area contributed by atoms with Gasteiger partial charge in [-0.1, -0.05) is 12.1 Å². The first kappa shape index (κ1) is 16.7. The highest BCUT2D eigenvalue weighted by Gasteiger charge is 2.34. The molecule has 4 amide bonds. The molecule has 0 radical (unpaired) electrons. The van der Waals surface area contributed by atoms with Crippen LogP contribution in [0.2, 0.25) is 0 Å². The van der Waals surface area contributed by atoms with Crippen LogP contribution in [0.1, 0.15) is 40.0 Å². The van der Waals surface area contributed by atoms with Crippen LogP contribution in [0.3, 0.4) is 0 Å². The molecule has 2 rings (SSSR count). The fourth-order valence-electron chi connectivity index (χ4n) is 2.37. The first-order valence-electron chi connectivity index (χ1n) is 7.47. The average Bonchev–Trinajstić information content (AvgIpc) is 2.80. The van der Waals surface area contributed by atoms with E-state index in [0.717, 1.165) is 4.90 Å². The SMILES string of the molecule is CNC(=O)CCCC(=O)NCCN1C(=O)c2ccccc2C1=O. The smallest absolute Gasteiger partial charge is 0.261 e. The predicted octanol–water partition coefficient (Wildman–Crippen LogP) is 0.315. The second-order valence-corrected chi connectivity index (χ2v) is 5.18. The monoisotopic (exact) mass is 317 g/mol. The van der Waals surface area contributed by atoms with E-state index in [1.54, 1.807) is 31.3 Å². The van der Waals surface area contributed by atoms with Gasteiger partial charge in [-0.05, 0) is 18.6 Å². The van der Waals surface area contributed by atoms with E-state index in [1.165, 1.54) is 0 Å². The molecule has 7 heteroatoms. The Morgan fingerprint density at radius 1 is 1.00 bits per heavy atom. The summed E-state index contributed by atoms with van der Waals surface area (Å²) in [5.41, 5.74) is 0.795. The molecule has 0 fully saturated rings. The highest BCUT2D eigenvalue weighted by atomic mass is 16.2. The van der Waals surface area contributed by atoms with Gasteiger partial charge in [-0.2, -0.15) is 0 Å². The summed E-state index contributed by atoms with van der Waals surface area (Å²) in [4.78, 5) is 48.0. The van der Waals surface area contributed by atoms with Gasteiger partial charge in [-0.15, -0.1) is 0 Å². The van der Waals surface area contributed by atoms with Gasteiger partial charge < -0.3 is 10.6 Å². The van der Waals surface area contributed by atoms with Crippen molar-refractivity contribution in [2.75, 3.05) is 20.1 Å². The lowest BCUT2D eigenvalue weighted by Gasteiger charge is -2.14. The molecule has 23 heavy (non-hydrogen) atoms. The van der Waals surface area contributed by atoms with Gasteiger partial charge >= 0.3 is 0 Å². The van der Waals surface area contributed by atoms with Crippen LogP contribution in [0.5, 0.6) is 0 Å². The Morgan fingerprint density at radius 2 is 1.57 bits per heavy atom. The molecule has 7 nitrogen and oxygen atoms in total. The molecule has 1 aromatic carbocycles. The van der Waals surface area contributed by atoms with Gasteiger partial charge in [-0.3, -0.25) is 24.1 Å². The summed E-state index contributed by atoms with van der Waals surface area (Å²) < 4.78 is 0. The lowest BCUT2D eigenvalue weighted by molar-refractivity contribution is -0.122. The second-order valence-electron chi connectivity index (χ2n) is 5.18. The number of carbonyl (C=O) groups excluding carboxylic acids is 4. The number of hydrogen-bond acceptors (Lipinski definition) is 4. The third-order valence-corrected chi connectivity index (χ3v) is 3.62. The molecule has 0 spiro atoms. The summed E-state index contributed by atoms with van der Waals surface area (Å²) in [6.07, 6.45) is 0.983. The molecule has 1 aliphatic heterocycles. The first-order chi connectivity index (χ1) is 11.0. The summed E-state index contributed by atoms with van der Waals surface area (Å²) in [6.45, 7) is 0.331. The second kappa shape index (κ2) is 7.53. The topological polar surface area (TPSA) is 95.6 Å². The minimum atomic E-state index is -0.334. The van der Waals surface area contributed by atoms with Crippen LogP contribution in [0, 0.1) is 0 Å². The maximum atomic E-state index is 12.1. The van der Waals surface area contributed by atoms with Crippen molar-refractivity contribution in [3.8, 4) is 0 Å². The molecule has 2 N–H and O–H groups in total. The number of amides is 4. The number of hydrogen-bond donors (Lipinski definition) is 2. The van der Waals surface area contributed by atoms with Crippen molar-refractivity contribution >= 4 is 23.6 Å². The third kappa shape index (κ3) is 3.94. The molecule has 0 saturated carbocycles. The van der Waals surface area contributed by atoms with Crippen LogP contribution in [0.15, 0.2) is 24.3 Å². The number of rotatable bonds is 7. The third-order valence-electron chi connectivity index (χ3n) is 3.62. The number of imide groups is 1. The van der Waals surface area contributed by atoms with Crippen LogP contribution in [-0.2, 0) is 9.59 Å². The van der Waals surface area contributed by atoms with Gasteiger partial charge in [-0.25, -0.2) is 0 Å². The minimum absolute atomic E-state index is 0.108. The largest absolute Gasteiger partial charge is 0.359 e. The van der Waals surface area contributed by atoms with Crippen molar-refractivity contribution < 1.29 is 19.2 Å².